The molecule has 1 nitrogen and oxygen atoms in total. The highest BCUT2D eigenvalue weighted by Gasteiger charge is 2.29. The molecular weight excluding hydrogens is 248 g/mol. The molecular formula is C12H14Cl2FN. The molecule has 0 spiro atoms. The summed E-state index contributed by atoms with van der Waals surface area (Å²) in [5, 5.41) is 3.91. The molecule has 0 amide bonds. The molecule has 88 valence electrons. The van der Waals surface area contributed by atoms with Gasteiger partial charge in [-0.2, -0.15) is 0 Å². The average molecular weight is 262 g/mol. The Morgan fingerprint density at radius 1 is 1.44 bits per heavy atom. The number of hydrogen-bond acceptors (Lipinski definition) is 1. The smallest absolute Gasteiger partial charge is 0.124 e. The zero-order chi connectivity index (χ0) is 11.5. The zero-order valence-electron chi connectivity index (χ0n) is 8.85. The molecule has 1 aliphatic carbocycles. The minimum absolute atomic E-state index is 0.208. The van der Waals surface area contributed by atoms with Crippen LogP contribution < -0.4 is 5.32 Å². The first kappa shape index (κ1) is 12.2. The van der Waals surface area contributed by atoms with E-state index in [2.05, 4.69) is 5.32 Å². The normalized spacial score (nSPS) is 17.4. The second-order valence-corrected chi connectivity index (χ2v) is 5.19. The summed E-state index contributed by atoms with van der Waals surface area (Å²) >= 11 is 12.1. The Balaban J connectivity index is 1.80. The zero-order valence-corrected chi connectivity index (χ0v) is 10.4. The number of hydrogen-bond donors (Lipinski definition) is 1. The van der Waals surface area contributed by atoms with Crippen molar-refractivity contribution in [1.82, 2.24) is 5.32 Å². The third-order valence-corrected chi connectivity index (χ3v) is 3.67. The first-order chi connectivity index (χ1) is 7.66. The van der Waals surface area contributed by atoms with Crippen LogP contribution in [0, 0.1) is 11.7 Å². The molecule has 1 unspecified atom stereocenters. The van der Waals surface area contributed by atoms with Gasteiger partial charge in [0.1, 0.15) is 5.82 Å². The second kappa shape index (κ2) is 5.35. The summed E-state index contributed by atoms with van der Waals surface area (Å²) in [5.74, 6) is 0.375. The van der Waals surface area contributed by atoms with Gasteiger partial charge in [0.25, 0.3) is 0 Å². The fourth-order valence-corrected chi connectivity index (χ4v) is 2.23. The van der Waals surface area contributed by atoms with Gasteiger partial charge < -0.3 is 5.32 Å². The molecule has 16 heavy (non-hydrogen) atoms. The van der Waals surface area contributed by atoms with Gasteiger partial charge in [0, 0.05) is 23.5 Å². The molecule has 4 heteroatoms. The molecule has 1 saturated carbocycles. The van der Waals surface area contributed by atoms with E-state index in [0.29, 0.717) is 17.5 Å². The molecule has 1 N–H and O–H groups in total. The van der Waals surface area contributed by atoms with E-state index in [0.717, 1.165) is 12.1 Å². The monoisotopic (exact) mass is 261 g/mol. The minimum Gasteiger partial charge on any atom is -0.311 e. The molecule has 0 saturated heterocycles. The lowest BCUT2D eigenvalue weighted by Crippen LogP contribution is -2.24. The summed E-state index contributed by atoms with van der Waals surface area (Å²) in [6, 6.07) is 4.45. The van der Waals surface area contributed by atoms with E-state index in [4.69, 9.17) is 23.2 Å². The van der Waals surface area contributed by atoms with Crippen LogP contribution in [0.4, 0.5) is 4.39 Å². The van der Waals surface area contributed by atoms with Crippen LogP contribution in [0.1, 0.15) is 18.4 Å². The predicted octanol–water partition coefficient (Wildman–Crippen LogP) is 3.59. The Morgan fingerprint density at radius 2 is 2.19 bits per heavy atom. The van der Waals surface area contributed by atoms with Crippen LogP contribution in [0.2, 0.25) is 5.02 Å². The Labute approximate surface area is 105 Å². The predicted molar refractivity (Wildman–Crippen MR) is 65.5 cm³/mol. The van der Waals surface area contributed by atoms with Crippen LogP contribution >= 0.6 is 23.2 Å². The minimum atomic E-state index is -0.304. The number of rotatable bonds is 5. The molecule has 0 bridgehead atoms. The topological polar surface area (TPSA) is 12.0 Å². The van der Waals surface area contributed by atoms with Crippen molar-refractivity contribution < 1.29 is 4.39 Å². The highest BCUT2D eigenvalue weighted by atomic mass is 35.5. The van der Waals surface area contributed by atoms with Crippen molar-refractivity contribution >= 4 is 23.2 Å². The van der Waals surface area contributed by atoms with E-state index < -0.39 is 0 Å². The Kier molecular flexibility index (Phi) is 4.06. The van der Waals surface area contributed by atoms with Crippen molar-refractivity contribution in [2.24, 2.45) is 5.92 Å². The van der Waals surface area contributed by atoms with E-state index in [-0.39, 0.29) is 11.2 Å². The van der Waals surface area contributed by atoms with Crippen LogP contribution in [0.25, 0.3) is 0 Å². The molecule has 1 aromatic carbocycles. The van der Waals surface area contributed by atoms with Crippen molar-refractivity contribution in [3.8, 4) is 0 Å². The lowest BCUT2D eigenvalue weighted by Gasteiger charge is -2.10. The average Bonchev–Trinajstić information content (AvgIpc) is 3.04. The largest absolute Gasteiger partial charge is 0.311 e. The van der Waals surface area contributed by atoms with Crippen LogP contribution in [-0.4, -0.2) is 11.9 Å². The highest BCUT2D eigenvalue weighted by molar-refractivity contribution is 6.31. The lowest BCUT2D eigenvalue weighted by molar-refractivity contribution is 0.613. The van der Waals surface area contributed by atoms with Gasteiger partial charge in [0.15, 0.2) is 0 Å². The SMILES string of the molecule is Fc1ccc(CNCC(Cl)C2CC2)c(Cl)c1. The first-order valence-electron chi connectivity index (χ1n) is 5.45. The summed E-state index contributed by atoms with van der Waals surface area (Å²) in [7, 11) is 0. The summed E-state index contributed by atoms with van der Waals surface area (Å²) < 4.78 is 12.8. The van der Waals surface area contributed by atoms with E-state index >= 15 is 0 Å². The van der Waals surface area contributed by atoms with E-state index in [1.807, 2.05) is 0 Å². The second-order valence-electron chi connectivity index (χ2n) is 4.22. The third kappa shape index (κ3) is 3.34. The van der Waals surface area contributed by atoms with Gasteiger partial charge in [-0.1, -0.05) is 17.7 Å². The van der Waals surface area contributed by atoms with Gasteiger partial charge >= 0.3 is 0 Å². The Morgan fingerprint density at radius 3 is 2.81 bits per heavy atom. The number of halogens is 3. The maximum Gasteiger partial charge on any atom is 0.124 e. The molecule has 0 aromatic heterocycles. The number of nitrogens with one attached hydrogen (secondary N) is 1. The molecule has 1 aromatic rings. The van der Waals surface area contributed by atoms with E-state index in [9.17, 15) is 4.39 Å². The van der Waals surface area contributed by atoms with Gasteiger partial charge in [0.05, 0.1) is 0 Å². The molecule has 0 aliphatic heterocycles. The van der Waals surface area contributed by atoms with Crippen molar-refractivity contribution in [2.75, 3.05) is 6.54 Å². The van der Waals surface area contributed by atoms with Crippen LogP contribution in [0.5, 0.6) is 0 Å². The van der Waals surface area contributed by atoms with E-state index in [1.54, 1.807) is 6.07 Å². The number of alkyl halides is 1. The van der Waals surface area contributed by atoms with Crippen molar-refractivity contribution in [2.45, 2.75) is 24.8 Å². The molecule has 0 radical (unpaired) electrons. The van der Waals surface area contributed by atoms with Gasteiger partial charge in [-0.15, -0.1) is 11.6 Å². The fraction of sp³-hybridized carbons (Fsp3) is 0.500. The summed E-state index contributed by atoms with van der Waals surface area (Å²) in [5.41, 5.74) is 0.905. The van der Waals surface area contributed by atoms with Gasteiger partial charge in [-0.3, -0.25) is 0 Å². The lowest BCUT2D eigenvalue weighted by atomic mass is 10.2. The van der Waals surface area contributed by atoms with Gasteiger partial charge in [0.2, 0.25) is 0 Å². The maximum atomic E-state index is 12.8. The first-order valence-corrected chi connectivity index (χ1v) is 6.27. The van der Waals surface area contributed by atoms with Crippen LogP contribution in [-0.2, 0) is 6.54 Å². The summed E-state index contributed by atoms with van der Waals surface area (Å²) in [6.07, 6.45) is 2.49. The Bertz CT molecular complexity index is 366. The fourth-order valence-electron chi connectivity index (χ4n) is 1.63. The third-order valence-electron chi connectivity index (χ3n) is 2.80. The van der Waals surface area contributed by atoms with Crippen molar-refractivity contribution in [1.29, 1.82) is 0 Å². The summed E-state index contributed by atoms with van der Waals surface area (Å²) in [6.45, 7) is 1.41. The van der Waals surface area contributed by atoms with Crippen molar-refractivity contribution in [3.05, 3.63) is 34.6 Å². The molecule has 2 rings (SSSR count). The van der Waals surface area contributed by atoms with Gasteiger partial charge in [-0.05, 0) is 36.5 Å². The Hall–Kier alpha value is -0.310. The van der Waals surface area contributed by atoms with Crippen LogP contribution in [0.3, 0.4) is 0 Å². The van der Waals surface area contributed by atoms with Crippen molar-refractivity contribution in [3.63, 3.8) is 0 Å². The quantitative estimate of drug-likeness (QED) is 0.799. The molecule has 0 heterocycles. The van der Waals surface area contributed by atoms with Gasteiger partial charge in [-0.25, -0.2) is 4.39 Å². The molecule has 1 atom stereocenters. The van der Waals surface area contributed by atoms with Crippen LogP contribution in [0.15, 0.2) is 18.2 Å². The molecule has 1 fully saturated rings. The maximum absolute atomic E-state index is 12.8. The summed E-state index contributed by atoms with van der Waals surface area (Å²) in [4.78, 5) is 0. The van der Waals surface area contributed by atoms with E-state index in [1.165, 1.54) is 25.0 Å². The highest BCUT2D eigenvalue weighted by Crippen LogP contribution is 2.35. The standard InChI is InChI=1S/C12H14Cl2FN/c13-11-5-10(15)4-3-9(11)6-16-7-12(14)8-1-2-8/h3-5,8,12,16H,1-2,6-7H2. The number of benzene rings is 1. The molecule has 1 aliphatic rings.